The number of carbonyl (C=O) groups excluding carboxylic acids is 1. The lowest BCUT2D eigenvalue weighted by Crippen LogP contribution is -1.95. The van der Waals surface area contributed by atoms with Gasteiger partial charge >= 0.3 is 5.97 Å². The van der Waals surface area contributed by atoms with Crippen LogP contribution in [0.25, 0.3) is 0 Å². The Kier molecular flexibility index (Phi) is 12.6. The lowest BCUT2D eigenvalue weighted by atomic mass is 10.1. The van der Waals surface area contributed by atoms with E-state index in [9.17, 15) is 4.79 Å². The third-order valence-electron chi connectivity index (χ3n) is 2.82. The SMILES string of the molecule is CCCCCCCCCCCCC(=O)OCl. The van der Waals surface area contributed by atoms with Crippen LogP contribution in [0.2, 0.25) is 0 Å². The summed E-state index contributed by atoms with van der Waals surface area (Å²) in [5.74, 6) is -0.304. The predicted octanol–water partition coefficient (Wildman–Crippen LogP) is 4.99. The van der Waals surface area contributed by atoms with E-state index in [0.717, 1.165) is 12.8 Å². The molecule has 16 heavy (non-hydrogen) atoms. The van der Waals surface area contributed by atoms with E-state index >= 15 is 0 Å². The van der Waals surface area contributed by atoms with Gasteiger partial charge in [0.25, 0.3) is 0 Å². The van der Waals surface area contributed by atoms with E-state index < -0.39 is 0 Å². The van der Waals surface area contributed by atoms with Crippen LogP contribution in [-0.2, 0) is 9.08 Å². The van der Waals surface area contributed by atoms with Crippen LogP contribution in [0.3, 0.4) is 0 Å². The minimum atomic E-state index is -0.304. The van der Waals surface area contributed by atoms with Crippen LogP contribution >= 0.6 is 11.9 Å². The maximum Gasteiger partial charge on any atom is 0.324 e. The fourth-order valence-electron chi connectivity index (χ4n) is 1.80. The third-order valence-corrected chi connectivity index (χ3v) is 2.99. The van der Waals surface area contributed by atoms with Gasteiger partial charge in [-0.15, -0.1) is 0 Å². The first-order valence-corrected chi connectivity index (χ1v) is 6.93. The Bertz CT molecular complexity index is 160. The summed E-state index contributed by atoms with van der Waals surface area (Å²) in [6.45, 7) is 2.24. The van der Waals surface area contributed by atoms with E-state index in [1.54, 1.807) is 0 Å². The molecule has 0 saturated carbocycles. The molecule has 0 spiro atoms. The molecule has 3 heteroatoms. The van der Waals surface area contributed by atoms with Crippen molar-refractivity contribution in [2.75, 3.05) is 0 Å². The summed E-state index contributed by atoms with van der Waals surface area (Å²) < 4.78 is 4.07. The smallest absolute Gasteiger partial charge is 0.324 e. The number of carbonyl (C=O) groups is 1. The molecule has 0 bridgehead atoms. The van der Waals surface area contributed by atoms with Gasteiger partial charge in [-0.2, -0.15) is 0 Å². The molecule has 0 aliphatic heterocycles. The summed E-state index contributed by atoms with van der Waals surface area (Å²) in [6, 6.07) is 0. The first kappa shape index (κ1) is 15.8. The van der Waals surface area contributed by atoms with E-state index in [0.29, 0.717) is 6.42 Å². The molecule has 0 heterocycles. The summed E-state index contributed by atoms with van der Waals surface area (Å²) in [7, 11) is 0. The molecule has 0 N–H and O–H groups in total. The van der Waals surface area contributed by atoms with Crippen molar-refractivity contribution >= 4 is 17.8 Å². The Labute approximate surface area is 105 Å². The van der Waals surface area contributed by atoms with Gasteiger partial charge in [0.05, 0.1) is 0 Å². The normalized spacial score (nSPS) is 10.4. The van der Waals surface area contributed by atoms with Crippen LogP contribution in [0, 0.1) is 0 Å². The van der Waals surface area contributed by atoms with E-state index in [-0.39, 0.29) is 5.97 Å². The molecule has 0 atom stereocenters. The highest BCUT2D eigenvalue weighted by Crippen LogP contribution is 2.11. The molecule has 0 amide bonds. The summed E-state index contributed by atoms with van der Waals surface area (Å²) >= 11 is 4.93. The number of hydrogen-bond acceptors (Lipinski definition) is 2. The first-order valence-electron chi connectivity index (χ1n) is 6.62. The van der Waals surface area contributed by atoms with Crippen molar-refractivity contribution < 1.29 is 9.08 Å². The largest absolute Gasteiger partial charge is 0.348 e. The lowest BCUT2D eigenvalue weighted by Gasteiger charge is -2.01. The molecule has 0 saturated heterocycles. The van der Waals surface area contributed by atoms with Gasteiger partial charge in [0.2, 0.25) is 0 Å². The van der Waals surface area contributed by atoms with Gasteiger partial charge in [0.15, 0.2) is 0 Å². The molecular formula is C13H25ClO2. The van der Waals surface area contributed by atoms with Crippen LogP contribution in [-0.4, -0.2) is 5.97 Å². The zero-order valence-corrected chi connectivity index (χ0v) is 11.2. The Morgan fingerprint density at radius 3 is 1.75 bits per heavy atom. The van der Waals surface area contributed by atoms with Gasteiger partial charge in [0.1, 0.15) is 11.9 Å². The average Bonchev–Trinajstić information content (AvgIpc) is 2.31. The third kappa shape index (κ3) is 11.8. The number of halogens is 1. The van der Waals surface area contributed by atoms with E-state index in [4.69, 9.17) is 11.9 Å². The minimum Gasteiger partial charge on any atom is -0.348 e. The van der Waals surface area contributed by atoms with Crippen LogP contribution < -0.4 is 0 Å². The zero-order chi connectivity index (χ0) is 12.1. The highest BCUT2D eigenvalue weighted by atomic mass is 35.5. The molecule has 0 fully saturated rings. The van der Waals surface area contributed by atoms with Crippen molar-refractivity contribution in [1.29, 1.82) is 0 Å². The van der Waals surface area contributed by atoms with Gasteiger partial charge in [-0.05, 0) is 6.42 Å². The maximum absolute atomic E-state index is 10.7. The first-order chi connectivity index (χ1) is 7.81. The van der Waals surface area contributed by atoms with E-state index in [1.165, 1.54) is 51.4 Å². The molecule has 0 aliphatic carbocycles. The fraction of sp³-hybridized carbons (Fsp3) is 0.923. The number of hydrogen-bond donors (Lipinski definition) is 0. The standard InChI is InChI=1S/C13H25ClO2/c1-2-3-4-5-6-7-8-9-10-11-12-13(15)16-14/h2-12H2,1H3. The molecule has 0 aromatic heterocycles. The average molecular weight is 249 g/mol. The van der Waals surface area contributed by atoms with Crippen LogP contribution in [0.5, 0.6) is 0 Å². The second-order valence-electron chi connectivity index (χ2n) is 4.38. The summed E-state index contributed by atoms with van der Waals surface area (Å²) in [6.07, 6.45) is 13.2. The highest BCUT2D eigenvalue weighted by molar-refractivity contribution is 6.13. The molecule has 0 radical (unpaired) electrons. The minimum absolute atomic E-state index is 0.304. The van der Waals surface area contributed by atoms with Gasteiger partial charge in [-0.3, -0.25) is 4.79 Å². The Hall–Kier alpha value is -0.240. The molecule has 2 nitrogen and oxygen atoms in total. The van der Waals surface area contributed by atoms with Crippen molar-refractivity contribution in [3.05, 3.63) is 0 Å². The van der Waals surface area contributed by atoms with Crippen molar-refractivity contribution in [2.45, 2.75) is 77.6 Å². The fourth-order valence-corrected chi connectivity index (χ4v) is 1.87. The Morgan fingerprint density at radius 2 is 1.31 bits per heavy atom. The van der Waals surface area contributed by atoms with Crippen LogP contribution in [0.15, 0.2) is 0 Å². The lowest BCUT2D eigenvalue weighted by molar-refractivity contribution is -0.134. The van der Waals surface area contributed by atoms with E-state index in [1.807, 2.05) is 0 Å². The van der Waals surface area contributed by atoms with Crippen molar-refractivity contribution in [3.8, 4) is 0 Å². The van der Waals surface area contributed by atoms with Crippen molar-refractivity contribution in [3.63, 3.8) is 0 Å². The Morgan fingerprint density at radius 1 is 0.875 bits per heavy atom. The van der Waals surface area contributed by atoms with Crippen molar-refractivity contribution in [2.24, 2.45) is 0 Å². The monoisotopic (exact) mass is 248 g/mol. The highest BCUT2D eigenvalue weighted by Gasteiger charge is 2.00. The molecule has 0 rings (SSSR count). The van der Waals surface area contributed by atoms with Crippen molar-refractivity contribution in [1.82, 2.24) is 0 Å². The zero-order valence-electron chi connectivity index (χ0n) is 10.5. The van der Waals surface area contributed by atoms with Crippen LogP contribution in [0.1, 0.15) is 77.6 Å². The van der Waals surface area contributed by atoms with E-state index in [2.05, 4.69) is 11.2 Å². The molecule has 0 aliphatic rings. The summed E-state index contributed by atoms with van der Waals surface area (Å²) in [5.41, 5.74) is 0. The van der Waals surface area contributed by atoms with Crippen LogP contribution in [0.4, 0.5) is 0 Å². The number of unbranched alkanes of at least 4 members (excludes halogenated alkanes) is 9. The number of rotatable bonds is 11. The maximum atomic E-state index is 10.7. The Balaban J connectivity index is 2.96. The second-order valence-corrected chi connectivity index (χ2v) is 4.54. The molecule has 0 aromatic rings. The predicted molar refractivity (Wildman–Crippen MR) is 68.4 cm³/mol. The second kappa shape index (κ2) is 12.8. The molecular weight excluding hydrogens is 224 g/mol. The molecule has 0 aromatic carbocycles. The topological polar surface area (TPSA) is 26.3 Å². The van der Waals surface area contributed by atoms with Gasteiger partial charge in [-0.1, -0.05) is 64.7 Å². The molecule has 0 unspecified atom stereocenters. The molecule has 96 valence electrons. The summed E-state index contributed by atoms with van der Waals surface area (Å²) in [5, 5.41) is 0. The summed E-state index contributed by atoms with van der Waals surface area (Å²) in [4.78, 5) is 10.7. The van der Waals surface area contributed by atoms with Gasteiger partial charge in [0, 0.05) is 6.42 Å². The van der Waals surface area contributed by atoms with Gasteiger partial charge < -0.3 is 4.29 Å². The quantitative estimate of drug-likeness (QED) is 0.481. The van der Waals surface area contributed by atoms with Gasteiger partial charge in [-0.25, -0.2) is 0 Å².